The molecule has 0 aliphatic carbocycles. The van der Waals surface area contributed by atoms with E-state index < -0.39 is 5.97 Å². The average Bonchev–Trinajstić information content (AvgIpc) is 2.25. The molecule has 0 amide bonds. The Labute approximate surface area is 99.3 Å². The Bertz CT molecular complexity index is 453. The second-order valence-corrected chi connectivity index (χ2v) is 3.81. The van der Waals surface area contributed by atoms with Gasteiger partial charge >= 0.3 is 5.97 Å². The predicted molar refractivity (Wildman–Crippen MR) is 61.4 cm³/mol. The van der Waals surface area contributed by atoms with Crippen LogP contribution in [0.1, 0.15) is 31.2 Å². The third-order valence-electron chi connectivity index (χ3n) is 2.14. The second kappa shape index (κ2) is 5.80. The van der Waals surface area contributed by atoms with Gasteiger partial charge in [-0.3, -0.25) is 4.79 Å². The van der Waals surface area contributed by atoms with E-state index in [0.29, 0.717) is 23.8 Å². The van der Waals surface area contributed by atoms with E-state index in [9.17, 15) is 4.79 Å². The molecule has 2 N–H and O–H groups in total. The number of hydrogen-bond acceptors (Lipinski definition) is 5. The summed E-state index contributed by atoms with van der Waals surface area (Å²) >= 11 is 0. The van der Waals surface area contributed by atoms with Gasteiger partial charge in [-0.05, 0) is 26.3 Å². The Morgan fingerprint density at radius 2 is 2.35 bits per heavy atom. The molecule has 1 atom stereocenters. The molecule has 6 heteroatoms. The Morgan fingerprint density at radius 1 is 1.65 bits per heavy atom. The summed E-state index contributed by atoms with van der Waals surface area (Å²) < 4.78 is 0. The van der Waals surface area contributed by atoms with Gasteiger partial charge in [0.05, 0.1) is 0 Å². The van der Waals surface area contributed by atoms with E-state index >= 15 is 0 Å². The maximum absolute atomic E-state index is 10.4. The van der Waals surface area contributed by atoms with Crippen molar-refractivity contribution in [1.82, 2.24) is 9.97 Å². The van der Waals surface area contributed by atoms with Crippen LogP contribution in [0.2, 0.25) is 0 Å². The molecule has 6 nitrogen and oxygen atoms in total. The molecule has 0 aromatic carbocycles. The van der Waals surface area contributed by atoms with Crippen molar-refractivity contribution in [3.8, 4) is 6.07 Å². The summed E-state index contributed by atoms with van der Waals surface area (Å²) in [5.74, 6) is -0.471. The first-order valence-corrected chi connectivity index (χ1v) is 5.25. The topological polar surface area (TPSA) is 98.9 Å². The van der Waals surface area contributed by atoms with Crippen LogP contribution < -0.4 is 5.32 Å². The van der Waals surface area contributed by atoms with Crippen molar-refractivity contribution < 1.29 is 9.90 Å². The first-order chi connectivity index (χ1) is 8.01. The minimum atomic E-state index is -0.832. The number of carbonyl (C=O) groups is 1. The van der Waals surface area contributed by atoms with Crippen LogP contribution in [-0.4, -0.2) is 27.1 Å². The maximum atomic E-state index is 10.4. The number of carboxylic acids is 1. The summed E-state index contributed by atoms with van der Waals surface area (Å²) in [4.78, 5) is 18.5. The number of aliphatic carboxylic acids is 1. The molecule has 90 valence electrons. The van der Waals surface area contributed by atoms with Gasteiger partial charge in [0.15, 0.2) is 0 Å². The van der Waals surface area contributed by atoms with Crippen LogP contribution in [0.5, 0.6) is 0 Å². The first kappa shape index (κ1) is 12.9. The maximum Gasteiger partial charge on any atom is 0.303 e. The van der Waals surface area contributed by atoms with Crippen molar-refractivity contribution in [2.24, 2.45) is 0 Å². The van der Waals surface area contributed by atoms with Crippen LogP contribution in [-0.2, 0) is 4.79 Å². The second-order valence-electron chi connectivity index (χ2n) is 3.81. The third kappa shape index (κ3) is 4.47. The smallest absolute Gasteiger partial charge is 0.303 e. The summed E-state index contributed by atoms with van der Waals surface area (Å²) in [6.07, 6.45) is 0.569. The van der Waals surface area contributed by atoms with Crippen molar-refractivity contribution in [2.45, 2.75) is 32.7 Å². The van der Waals surface area contributed by atoms with Gasteiger partial charge < -0.3 is 10.4 Å². The van der Waals surface area contributed by atoms with Crippen molar-refractivity contribution in [2.75, 3.05) is 5.32 Å². The van der Waals surface area contributed by atoms with E-state index in [1.165, 1.54) is 0 Å². The molecule has 0 saturated carbocycles. The molecule has 0 bridgehead atoms. The number of carboxylic acid groups (broad SMARTS) is 1. The van der Waals surface area contributed by atoms with E-state index in [1.807, 2.05) is 13.0 Å². The van der Waals surface area contributed by atoms with E-state index in [2.05, 4.69) is 15.3 Å². The highest BCUT2D eigenvalue weighted by Gasteiger charge is 2.08. The number of rotatable bonds is 5. The monoisotopic (exact) mass is 234 g/mol. The zero-order valence-electron chi connectivity index (χ0n) is 9.77. The van der Waals surface area contributed by atoms with Gasteiger partial charge in [0.1, 0.15) is 11.8 Å². The largest absolute Gasteiger partial charge is 0.481 e. The number of aromatic nitrogens is 2. The fourth-order valence-electron chi connectivity index (χ4n) is 1.32. The normalized spacial score (nSPS) is 11.6. The molecule has 1 unspecified atom stereocenters. The molecule has 0 fully saturated rings. The standard InChI is InChI=1S/C11H14N4O2/c1-7(3-4-10(16)17)13-11-14-8(2)5-9(6-12)15-11/h5,7H,3-4H2,1-2H3,(H,16,17)(H,13,14,15). The van der Waals surface area contributed by atoms with E-state index in [4.69, 9.17) is 10.4 Å². The van der Waals surface area contributed by atoms with Crippen LogP contribution in [0.4, 0.5) is 5.95 Å². The zero-order valence-corrected chi connectivity index (χ0v) is 9.77. The molecular formula is C11H14N4O2. The van der Waals surface area contributed by atoms with Gasteiger partial charge in [0, 0.05) is 18.2 Å². The van der Waals surface area contributed by atoms with Gasteiger partial charge in [-0.25, -0.2) is 9.97 Å². The van der Waals surface area contributed by atoms with Gasteiger partial charge in [-0.15, -0.1) is 0 Å². The first-order valence-electron chi connectivity index (χ1n) is 5.25. The van der Waals surface area contributed by atoms with Crippen molar-refractivity contribution >= 4 is 11.9 Å². The molecule has 0 aliphatic rings. The fourth-order valence-corrected chi connectivity index (χ4v) is 1.32. The molecule has 0 aliphatic heterocycles. The van der Waals surface area contributed by atoms with Crippen molar-refractivity contribution in [3.05, 3.63) is 17.5 Å². The van der Waals surface area contributed by atoms with E-state index in [-0.39, 0.29) is 12.5 Å². The lowest BCUT2D eigenvalue weighted by Gasteiger charge is -2.12. The van der Waals surface area contributed by atoms with Gasteiger partial charge in [-0.1, -0.05) is 0 Å². The summed E-state index contributed by atoms with van der Waals surface area (Å²) in [7, 11) is 0. The van der Waals surface area contributed by atoms with Crippen LogP contribution >= 0.6 is 0 Å². The lowest BCUT2D eigenvalue weighted by Crippen LogP contribution is -2.18. The molecule has 17 heavy (non-hydrogen) atoms. The predicted octanol–water partition coefficient (Wildman–Crippen LogP) is 1.32. The quantitative estimate of drug-likeness (QED) is 0.797. The summed E-state index contributed by atoms with van der Waals surface area (Å²) in [6.45, 7) is 3.62. The van der Waals surface area contributed by atoms with Crippen LogP contribution in [0.15, 0.2) is 6.07 Å². The highest BCUT2D eigenvalue weighted by Crippen LogP contribution is 2.07. The van der Waals surface area contributed by atoms with Crippen molar-refractivity contribution in [3.63, 3.8) is 0 Å². The van der Waals surface area contributed by atoms with Gasteiger partial charge in [0.2, 0.25) is 5.95 Å². The molecular weight excluding hydrogens is 220 g/mol. The number of hydrogen-bond donors (Lipinski definition) is 2. The number of nitrogens with zero attached hydrogens (tertiary/aromatic N) is 3. The molecule has 0 spiro atoms. The molecule has 1 aromatic rings. The Balaban J connectivity index is 2.65. The highest BCUT2D eigenvalue weighted by atomic mass is 16.4. The molecule has 1 rings (SSSR count). The summed E-state index contributed by atoms with van der Waals surface area (Å²) in [5, 5.41) is 20.3. The Morgan fingerprint density at radius 3 is 2.94 bits per heavy atom. The van der Waals surface area contributed by atoms with Gasteiger partial charge in [0.25, 0.3) is 0 Å². The number of nitrogens with one attached hydrogen (secondary N) is 1. The lowest BCUT2D eigenvalue weighted by atomic mass is 10.2. The minimum Gasteiger partial charge on any atom is -0.481 e. The third-order valence-corrected chi connectivity index (χ3v) is 2.14. The molecule has 1 aromatic heterocycles. The van der Waals surface area contributed by atoms with Crippen LogP contribution in [0, 0.1) is 18.3 Å². The Hall–Kier alpha value is -2.16. The fraction of sp³-hybridized carbons (Fsp3) is 0.455. The number of anilines is 1. The van der Waals surface area contributed by atoms with Gasteiger partial charge in [-0.2, -0.15) is 5.26 Å². The lowest BCUT2D eigenvalue weighted by molar-refractivity contribution is -0.137. The molecule has 1 heterocycles. The van der Waals surface area contributed by atoms with E-state index in [1.54, 1.807) is 13.0 Å². The highest BCUT2D eigenvalue weighted by molar-refractivity contribution is 5.66. The molecule has 0 radical (unpaired) electrons. The van der Waals surface area contributed by atoms with Crippen LogP contribution in [0.25, 0.3) is 0 Å². The zero-order chi connectivity index (χ0) is 12.8. The number of nitriles is 1. The molecule has 0 saturated heterocycles. The number of aryl methyl sites for hydroxylation is 1. The minimum absolute atomic E-state index is 0.0561. The Kier molecular flexibility index (Phi) is 4.40. The summed E-state index contributed by atoms with van der Waals surface area (Å²) in [5.41, 5.74) is 0.995. The summed E-state index contributed by atoms with van der Waals surface area (Å²) in [6, 6.07) is 3.48. The average molecular weight is 234 g/mol. The van der Waals surface area contributed by atoms with Crippen LogP contribution in [0.3, 0.4) is 0 Å². The SMILES string of the molecule is Cc1cc(C#N)nc(NC(C)CCC(=O)O)n1. The van der Waals surface area contributed by atoms with E-state index in [0.717, 1.165) is 0 Å². The van der Waals surface area contributed by atoms with Crippen molar-refractivity contribution in [1.29, 1.82) is 5.26 Å².